The molecule has 0 N–H and O–H groups in total. The van der Waals surface area contributed by atoms with Crippen molar-refractivity contribution < 1.29 is 26.4 Å². The van der Waals surface area contributed by atoms with E-state index in [0.717, 1.165) is 37.0 Å². The van der Waals surface area contributed by atoms with Gasteiger partial charge in [0.25, 0.3) is 0 Å². The van der Waals surface area contributed by atoms with Crippen molar-refractivity contribution in [2.45, 2.75) is 51.4 Å². The van der Waals surface area contributed by atoms with Crippen LogP contribution in [0.5, 0.6) is 0 Å². The van der Waals surface area contributed by atoms with E-state index in [-0.39, 0.29) is 6.10 Å². The van der Waals surface area contributed by atoms with Crippen molar-refractivity contribution in [3.63, 3.8) is 0 Å². The third-order valence-corrected chi connectivity index (χ3v) is 6.56. The smallest absolute Gasteiger partial charge is 0.377 e. The number of alkyl halides is 3. The van der Waals surface area contributed by atoms with Crippen LogP contribution in [0.1, 0.15) is 37.8 Å². The molecule has 1 rings (SSSR count). The predicted molar refractivity (Wildman–Crippen MR) is 85.2 cm³/mol. The summed E-state index contributed by atoms with van der Waals surface area (Å²) in [5, 5.41) is 0. The Morgan fingerprint density at radius 3 is 2.00 bits per heavy atom. The first kappa shape index (κ1) is 20.2. The van der Waals surface area contributed by atoms with Crippen LogP contribution in [0.25, 0.3) is 0 Å². The van der Waals surface area contributed by atoms with E-state index in [0.29, 0.717) is 6.04 Å². The lowest BCUT2D eigenvalue weighted by molar-refractivity contribution is -0.137. The highest BCUT2D eigenvalue weighted by Gasteiger charge is 2.39. The molecule has 0 aromatic heterocycles. The van der Waals surface area contributed by atoms with E-state index in [9.17, 15) is 13.2 Å². The number of aryl methyl sites for hydroxylation is 1. The molecule has 0 atom stereocenters. The molecule has 0 aliphatic rings. The van der Waals surface area contributed by atoms with Crippen molar-refractivity contribution >= 4 is 8.80 Å². The van der Waals surface area contributed by atoms with Gasteiger partial charge in [0, 0.05) is 26.4 Å². The zero-order chi connectivity index (χ0) is 17.5. The summed E-state index contributed by atoms with van der Waals surface area (Å²) in [6.45, 7) is 3.87. The fourth-order valence-electron chi connectivity index (χ4n) is 2.33. The molecular weight excluding hydrogens is 325 g/mol. The lowest BCUT2D eigenvalue weighted by Gasteiger charge is -2.28. The largest absolute Gasteiger partial charge is 0.500 e. The summed E-state index contributed by atoms with van der Waals surface area (Å²) in [7, 11) is 0.555. The van der Waals surface area contributed by atoms with Gasteiger partial charge in [-0.15, -0.1) is 0 Å². The Morgan fingerprint density at radius 1 is 1.00 bits per heavy atom. The van der Waals surface area contributed by atoms with Crippen molar-refractivity contribution in [1.29, 1.82) is 0 Å². The van der Waals surface area contributed by atoms with Gasteiger partial charge in [-0.2, -0.15) is 13.2 Å². The third-order valence-electron chi connectivity index (χ3n) is 3.52. The normalized spacial score (nSPS) is 12.9. The minimum atomic E-state index is -4.28. The second-order valence-electron chi connectivity index (χ2n) is 5.66. The van der Waals surface area contributed by atoms with E-state index >= 15 is 0 Å². The van der Waals surface area contributed by atoms with Crippen molar-refractivity contribution in [3.05, 3.63) is 35.4 Å². The van der Waals surface area contributed by atoms with Gasteiger partial charge in [0.05, 0.1) is 5.56 Å². The van der Waals surface area contributed by atoms with Gasteiger partial charge in [0.15, 0.2) is 0 Å². The average Bonchev–Trinajstić information content (AvgIpc) is 2.49. The number of halogens is 3. The van der Waals surface area contributed by atoms with Gasteiger partial charge in [-0.1, -0.05) is 12.1 Å². The van der Waals surface area contributed by atoms with Gasteiger partial charge < -0.3 is 13.3 Å². The topological polar surface area (TPSA) is 27.7 Å². The van der Waals surface area contributed by atoms with Gasteiger partial charge in [0.1, 0.15) is 0 Å². The molecule has 3 nitrogen and oxygen atoms in total. The molecule has 0 unspecified atom stereocenters. The summed E-state index contributed by atoms with van der Waals surface area (Å²) in [5.41, 5.74) is 0.279. The van der Waals surface area contributed by atoms with Crippen LogP contribution in [-0.2, 0) is 25.9 Å². The summed E-state index contributed by atoms with van der Waals surface area (Å²) in [4.78, 5) is 0. The quantitative estimate of drug-likeness (QED) is 0.478. The number of benzene rings is 1. The zero-order valence-corrected chi connectivity index (χ0v) is 15.1. The maximum Gasteiger partial charge on any atom is 0.500 e. The molecule has 0 bridgehead atoms. The van der Waals surface area contributed by atoms with Crippen LogP contribution in [0, 0.1) is 0 Å². The standard InChI is InChI=1S/C16H25F3O3Si/c1-13(2)22-23(20-3,21-4)12-6-5-7-14-8-10-15(11-9-14)16(17,18)19/h8-11,13H,5-7,12H2,1-4H3. The Labute approximate surface area is 137 Å². The SMILES string of the molecule is CO[Si](CCCCc1ccc(C(F)(F)F)cc1)(OC)OC(C)C. The van der Waals surface area contributed by atoms with E-state index < -0.39 is 20.5 Å². The number of hydrogen-bond acceptors (Lipinski definition) is 3. The van der Waals surface area contributed by atoms with E-state index in [1.54, 1.807) is 14.2 Å². The van der Waals surface area contributed by atoms with Gasteiger partial charge in [-0.3, -0.25) is 0 Å². The van der Waals surface area contributed by atoms with E-state index in [2.05, 4.69) is 0 Å². The molecule has 0 aliphatic heterocycles. The molecule has 0 saturated heterocycles. The van der Waals surface area contributed by atoms with Gasteiger partial charge in [0.2, 0.25) is 0 Å². The lowest BCUT2D eigenvalue weighted by Crippen LogP contribution is -2.45. The molecule has 0 saturated carbocycles. The summed E-state index contributed by atoms with van der Waals surface area (Å²) in [5.74, 6) is 0. The predicted octanol–water partition coefficient (Wildman–Crippen LogP) is 4.68. The fraction of sp³-hybridized carbons (Fsp3) is 0.625. The molecule has 132 valence electrons. The average molecular weight is 350 g/mol. The highest BCUT2D eigenvalue weighted by molar-refractivity contribution is 6.60. The molecule has 7 heteroatoms. The summed E-state index contributed by atoms with van der Waals surface area (Å²) in [6.07, 6.45) is -1.86. The molecule has 1 aromatic carbocycles. The van der Waals surface area contributed by atoms with Crippen molar-refractivity contribution in [2.24, 2.45) is 0 Å². The minimum Gasteiger partial charge on any atom is -0.377 e. The molecule has 0 fully saturated rings. The van der Waals surface area contributed by atoms with Crippen molar-refractivity contribution in [2.75, 3.05) is 14.2 Å². The number of hydrogen-bond donors (Lipinski definition) is 0. The van der Waals surface area contributed by atoms with Crippen LogP contribution in [-0.4, -0.2) is 29.1 Å². The molecule has 1 aromatic rings. The minimum absolute atomic E-state index is 0.0245. The highest BCUT2D eigenvalue weighted by atomic mass is 28.4. The van der Waals surface area contributed by atoms with Crippen molar-refractivity contribution in [1.82, 2.24) is 0 Å². The Hall–Kier alpha value is -0.893. The van der Waals surface area contributed by atoms with Gasteiger partial charge >= 0.3 is 15.0 Å². The van der Waals surface area contributed by atoms with E-state index in [1.165, 1.54) is 12.1 Å². The summed E-state index contributed by atoms with van der Waals surface area (Å²) < 4.78 is 54.3. The van der Waals surface area contributed by atoms with E-state index in [1.807, 2.05) is 13.8 Å². The van der Waals surface area contributed by atoms with Crippen LogP contribution in [0.3, 0.4) is 0 Å². The second kappa shape index (κ2) is 8.82. The zero-order valence-electron chi connectivity index (χ0n) is 14.1. The Morgan fingerprint density at radius 2 is 1.57 bits per heavy atom. The van der Waals surface area contributed by atoms with E-state index in [4.69, 9.17) is 13.3 Å². The van der Waals surface area contributed by atoms with Crippen LogP contribution in [0.2, 0.25) is 6.04 Å². The first-order valence-corrected chi connectivity index (χ1v) is 9.60. The monoisotopic (exact) mass is 350 g/mol. The summed E-state index contributed by atoms with van der Waals surface area (Å²) in [6, 6.07) is 6.01. The Kier molecular flexibility index (Phi) is 7.73. The third kappa shape index (κ3) is 6.62. The lowest BCUT2D eigenvalue weighted by atomic mass is 10.1. The maximum absolute atomic E-state index is 12.5. The first-order valence-electron chi connectivity index (χ1n) is 7.66. The van der Waals surface area contributed by atoms with Crippen LogP contribution in [0.15, 0.2) is 24.3 Å². The first-order chi connectivity index (χ1) is 10.7. The maximum atomic E-state index is 12.5. The fourth-order valence-corrected chi connectivity index (χ4v) is 4.62. The van der Waals surface area contributed by atoms with Crippen molar-refractivity contribution in [3.8, 4) is 0 Å². The highest BCUT2D eigenvalue weighted by Crippen LogP contribution is 2.29. The number of unbranched alkanes of at least 4 members (excludes halogenated alkanes) is 1. The number of rotatable bonds is 9. The van der Waals surface area contributed by atoms with Gasteiger partial charge in [-0.25, -0.2) is 0 Å². The van der Waals surface area contributed by atoms with Crippen LogP contribution < -0.4 is 0 Å². The van der Waals surface area contributed by atoms with Crippen LogP contribution in [0.4, 0.5) is 13.2 Å². The molecular formula is C16H25F3O3Si. The molecule has 23 heavy (non-hydrogen) atoms. The molecule has 0 spiro atoms. The second-order valence-corrected chi connectivity index (χ2v) is 8.58. The van der Waals surface area contributed by atoms with Crippen LogP contribution >= 0.6 is 0 Å². The molecule has 0 radical (unpaired) electrons. The Balaban J connectivity index is 2.47. The Bertz CT molecular complexity index is 457. The molecule has 0 heterocycles. The summed E-state index contributed by atoms with van der Waals surface area (Å²) >= 11 is 0. The molecule has 0 amide bonds. The van der Waals surface area contributed by atoms with Gasteiger partial charge in [-0.05, 0) is 50.8 Å². The molecule has 0 aliphatic carbocycles.